The van der Waals surface area contributed by atoms with Crippen molar-refractivity contribution in [2.24, 2.45) is 11.8 Å². The maximum absolute atomic E-state index is 12.3. The lowest BCUT2D eigenvalue weighted by Crippen LogP contribution is -2.41. The number of piperidine rings is 1. The topological polar surface area (TPSA) is 20.3 Å². The molecule has 2 unspecified atom stereocenters. The number of likely N-dealkylation sites (tertiary alicyclic amines) is 1. The zero-order valence-corrected chi connectivity index (χ0v) is 13.6. The molecule has 0 bridgehead atoms. The van der Waals surface area contributed by atoms with Crippen molar-refractivity contribution < 1.29 is 4.79 Å². The van der Waals surface area contributed by atoms with E-state index in [2.05, 4.69) is 37.8 Å². The van der Waals surface area contributed by atoms with Gasteiger partial charge in [0, 0.05) is 23.5 Å². The molecule has 0 spiro atoms. The third kappa shape index (κ3) is 4.35. The summed E-state index contributed by atoms with van der Waals surface area (Å²) >= 11 is 1.81. The van der Waals surface area contributed by atoms with E-state index in [1.807, 2.05) is 23.9 Å². The monoisotopic (exact) mass is 291 g/mol. The van der Waals surface area contributed by atoms with Crippen LogP contribution < -0.4 is 0 Å². The zero-order chi connectivity index (χ0) is 14.5. The molecule has 1 aliphatic heterocycles. The first kappa shape index (κ1) is 15.6. The Bertz CT molecular complexity index is 433. The van der Waals surface area contributed by atoms with Gasteiger partial charge in [0.2, 0.25) is 0 Å². The maximum Gasteiger partial charge on any atom is 0.176 e. The molecule has 0 amide bonds. The summed E-state index contributed by atoms with van der Waals surface area (Å²) < 4.78 is 0. The van der Waals surface area contributed by atoms with E-state index in [9.17, 15) is 4.79 Å². The standard InChI is InChI=1S/C17H25NOS/c1-4-20-16-7-5-15(6-8-16)17(19)12-18-10-13(2)9-14(3)11-18/h5-8,13-14H,4,9-12H2,1-3H3. The second-order valence-electron chi connectivity index (χ2n) is 6.02. The lowest BCUT2D eigenvalue weighted by Gasteiger charge is -2.34. The number of nitrogens with zero attached hydrogens (tertiary/aromatic N) is 1. The van der Waals surface area contributed by atoms with Gasteiger partial charge < -0.3 is 0 Å². The van der Waals surface area contributed by atoms with E-state index in [0.717, 1.165) is 24.4 Å². The second-order valence-corrected chi connectivity index (χ2v) is 7.36. The van der Waals surface area contributed by atoms with Gasteiger partial charge in [0.1, 0.15) is 0 Å². The molecule has 0 saturated carbocycles. The smallest absolute Gasteiger partial charge is 0.176 e. The molecule has 1 aromatic rings. The molecule has 2 nitrogen and oxygen atoms in total. The largest absolute Gasteiger partial charge is 0.295 e. The van der Waals surface area contributed by atoms with Gasteiger partial charge in [0.15, 0.2) is 5.78 Å². The van der Waals surface area contributed by atoms with E-state index in [1.165, 1.54) is 11.3 Å². The summed E-state index contributed by atoms with van der Waals surface area (Å²) in [5.74, 6) is 2.72. The number of thioether (sulfide) groups is 1. The van der Waals surface area contributed by atoms with Crippen LogP contribution in [0.2, 0.25) is 0 Å². The molecular weight excluding hydrogens is 266 g/mol. The fraction of sp³-hybridized carbons (Fsp3) is 0.588. The minimum absolute atomic E-state index is 0.249. The molecular formula is C17H25NOS. The Morgan fingerprint density at radius 1 is 1.20 bits per heavy atom. The molecule has 0 N–H and O–H groups in total. The van der Waals surface area contributed by atoms with E-state index >= 15 is 0 Å². The van der Waals surface area contributed by atoms with Crippen LogP contribution in [-0.2, 0) is 0 Å². The van der Waals surface area contributed by atoms with Crippen molar-refractivity contribution in [3.05, 3.63) is 29.8 Å². The van der Waals surface area contributed by atoms with Crippen LogP contribution in [0.1, 0.15) is 37.6 Å². The highest BCUT2D eigenvalue weighted by atomic mass is 32.2. The minimum atomic E-state index is 0.249. The van der Waals surface area contributed by atoms with Gasteiger partial charge in [-0.3, -0.25) is 9.69 Å². The van der Waals surface area contributed by atoms with Crippen molar-refractivity contribution in [3.63, 3.8) is 0 Å². The van der Waals surface area contributed by atoms with Gasteiger partial charge in [-0.05, 0) is 36.1 Å². The average molecular weight is 291 g/mol. The van der Waals surface area contributed by atoms with E-state index in [1.54, 1.807) is 0 Å². The zero-order valence-electron chi connectivity index (χ0n) is 12.8. The summed E-state index contributed by atoms with van der Waals surface area (Å²) in [5.41, 5.74) is 0.844. The fourth-order valence-corrected chi connectivity index (χ4v) is 3.78. The normalized spacial score (nSPS) is 23.8. The van der Waals surface area contributed by atoms with Gasteiger partial charge in [-0.1, -0.05) is 32.9 Å². The van der Waals surface area contributed by atoms with Crippen LogP contribution in [0.25, 0.3) is 0 Å². The first-order valence-corrected chi connectivity index (χ1v) is 8.55. The predicted octanol–water partition coefficient (Wildman–Crippen LogP) is 3.96. The van der Waals surface area contributed by atoms with Crippen LogP contribution in [0.15, 0.2) is 29.2 Å². The summed E-state index contributed by atoms with van der Waals surface area (Å²) in [6.45, 7) is 9.38. The number of Topliss-reactive ketones (excluding diaryl/α,β-unsaturated/α-hetero) is 1. The molecule has 110 valence electrons. The Hall–Kier alpha value is -0.800. The van der Waals surface area contributed by atoms with Crippen molar-refractivity contribution in [1.82, 2.24) is 4.90 Å². The van der Waals surface area contributed by atoms with Crippen LogP contribution >= 0.6 is 11.8 Å². The fourth-order valence-electron chi connectivity index (χ4n) is 3.12. The van der Waals surface area contributed by atoms with Crippen LogP contribution in [-0.4, -0.2) is 36.1 Å². The summed E-state index contributed by atoms with van der Waals surface area (Å²) in [7, 11) is 0. The van der Waals surface area contributed by atoms with E-state index in [-0.39, 0.29) is 5.78 Å². The van der Waals surface area contributed by atoms with Gasteiger partial charge in [0.05, 0.1) is 6.54 Å². The highest BCUT2D eigenvalue weighted by molar-refractivity contribution is 7.99. The van der Waals surface area contributed by atoms with Gasteiger partial charge in [-0.15, -0.1) is 11.8 Å². The molecule has 1 fully saturated rings. The van der Waals surface area contributed by atoms with Gasteiger partial charge >= 0.3 is 0 Å². The number of hydrogen-bond acceptors (Lipinski definition) is 3. The molecule has 1 aliphatic rings. The first-order chi connectivity index (χ1) is 9.58. The van der Waals surface area contributed by atoms with Crippen molar-refractivity contribution >= 4 is 17.5 Å². The van der Waals surface area contributed by atoms with Crippen LogP contribution in [0.3, 0.4) is 0 Å². The SMILES string of the molecule is CCSc1ccc(C(=O)CN2CC(C)CC(C)C2)cc1. The molecule has 2 atom stereocenters. The highest BCUT2D eigenvalue weighted by Crippen LogP contribution is 2.22. The Morgan fingerprint density at radius 3 is 2.35 bits per heavy atom. The predicted molar refractivity (Wildman–Crippen MR) is 86.6 cm³/mol. The van der Waals surface area contributed by atoms with Crippen molar-refractivity contribution in [1.29, 1.82) is 0 Å². The summed E-state index contributed by atoms with van der Waals surface area (Å²) in [6, 6.07) is 8.06. The molecule has 20 heavy (non-hydrogen) atoms. The molecule has 2 rings (SSSR count). The molecule has 1 aromatic carbocycles. The number of benzene rings is 1. The Balaban J connectivity index is 1.93. The lowest BCUT2D eigenvalue weighted by atomic mass is 9.91. The van der Waals surface area contributed by atoms with Gasteiger partial charge in [-0.2, -0.15) is 0 Å². The Kier molecular flexibility index (Phi) is 5.67. The number of carbonyl (C=O) groups is 1. The van der Waals surface area contributed by atoms with Crippen LogP contribution in [0.4, 0.5) is 0 Å². The quantitative estimate of drug-likeness (QED) is 0.605. The maximum atomic E-state index is 12.3. The summed E-state index contributed by atoms with van der Waals surface area (Å²) in [6.07, 6.45) is 1.29. The van der Waals surface area contributed by atoms with Crippen molar-refractivity contribution in [2.75, 3.05) is 25.4 Å². The van der Waals surface area contributed by atoms with E-state index < -0.39 is 0 Å². The van der Waals surface area contributed by atoms with Gasteiger partial charge in [-0.25, -0.2) is 0 Å². The van der Waals surface area contributed by atoms with E-state index in [0.29, 0.717) is 18.4 Å². The lowest BCUT2D eigenvalue weighted by molar-refractivity contribution is 0.0849. The third-order valence-electron chi connectivity index (χ3n) is 3.80. The average Bonchev–Trinajstić information content (AvgIpc) is 2.38. The minimum Gasteiger partial charge on any atom is -0.295 e. The first-order valence-electron chi connectivity index (χ1n) is 7.57. The highest BCUT2D eigenvalue weighted by Gasteiger charge is 2.23. The Morgan fingerprint density at radius 2 is 1.80 bits per heavy atom. The molecule has 1 heterocycles. The van der Waals surface area contributed by atoms with E-state index in [4.69, 9.17) is 0 Å². The van der Waals surface area contributed by atoms with Crippen molar-refractivity contribution in [3.8, 4) is 0 Å². The molecule has 1 saturated heterocycles. The summed E-state index contributed by atoms with van der Waals surface area (Å²) in [5, 5.41) is 0. The third-order valence-corrected chi connectivity index (χ3v) is 4.69. The number of hydrogen-bond donors (Lipinski definition) is 0. The van der Waals surface area contributed by atoms with Crippen LogP contribution in [0, 0.1) is 11.8 Å². The number of ketones is 1. The molecule has 0 aromatic heterocycles. The Labute approximate surface area is 126 Å². The number of carbonyl (C=O) groups excluding carboxylic acids is 1. The molecule has 0 aliphatic carbocycles. The molecule has 3 heteroatoms. The molecule has 0 radical (unpaired) electrons. The number of rotatable bonds is 5. The summed E-state index contributed by atoms with van der Waals surface area (Å²) in [4.78, 5) is 15.9. The van der Waals surface area contributed by atoms with Gasteiger partial charge in [0.25, 0.3) is 0 Å². The van der Waals surface area contributed by atoms with Crippen molar-refractivity contribution in [2.45, 2.75) is 32.1 Å². The second kappa shape index (κ2) is 7.28. The van der Waals surface area contributed by atoms with Crippen LogP contribution in [0.5, 0.6) is 0 Å².